The van der Waals surface area contributed by atoms with Crippen molar-refractivity contribution in [3.63, 3.8) is 0 Å². The molecule has 0 spiro atoms. The van der Waals surface area contributed by atoms with E-state index in [9.17, 15) is 14.0 Å². The van der Waals surface area contributed by atoms with Gasteiger partial charge >= 0.3 is 6.09 Å². The van der Waals surface area contributed by atoms with Crippen molar-refractivity contribution in [3.05, 3.63) is 21.9 Å². The number of carbonyl (C=O) groups excluding carboxylic acids is 1. The van der Waals surface area contributed by atoms with Crippen LogP contribution in [-0.4, -0.2) is 52.7 Å². The van der Waals surface area contributed by atoms with Crippen molar-refractivity contribution in [2.45, 2.75) is 52.2 Å². The highest BCUT2D eigenvalue weighted by Gasteiger charge is 2.36. The molecule has 1 aromatic rings. The molecule has 0 radical (unpaired) electrons. The topological polar surface area (TPSA) is 78.5 Å². The van der Waals surface area contributed by atoms with Gasteiger partial charge < -0.3 is 14.5 Å². The van der Waals surface area contributed by atoms with Crippen molar-refractivity contribution >= 4 is 12.0 Å². The van der Waals surface area contributed by atoms with Gasteiger partial charge in [0.2, 0.25) is 11.8 Å². The van der Waals surface area contributed by atoms with Crippen LogP contribution in [0.2, 0.25) is 0 Å². The molecule has 0 aliphatic carbocycles. The number of likely N-dealkylation sites (N-methyl/N-ethyl adjacent to an activating group) is 1. The molecule has 134 valence electrons. The van der Waals surface area contributed by atoms with Gasteiger partial charge in [-0.15, -0.1) is 0 Å². The molecule has 0 saturated carbocycles. The molecule has 1 N–H and O–H groups in total. The second kappa shape index (κ2) is 6.41. The Labute approximate surface area is 140 Å². The van der Waals surface area contributed by atoms with Crippen LogP contribution in [-0.2, 0) is 4.74 Å². The van der Waals surface area contributed by atoms with E-state index in [2.05, 4.69) is 9.97 Å². The summed E-state index contributed by atoms with van der Waals surface area (Å²) in [6.07, 6.45) is -0.393. The van der Waals surface area contributed by atoms with Crippen molar-refractivity contribution in [2.75, 3.05) is 25.0 Å². The summed E-state index contributed by atoms with van der Waals surface area (Å²) in [6.45, 7) is 10.0. The lowest BCUT2D eigenvalue weighted by Crippen LogP contribution is -2.61. The number of nitrogens with one attached hydrogen (secondary N) is 1. The van der Waals surface area contributed by atoms with Crippen LogP contribution in [0.5, 0.6) is 0 Å². The predicted octanol–water partition coefficient (Wildman–Crippen LogP) is 2.09. The number of amides is 1. The van der Waals surface area contributed by atoms with Gasteiger partial charge in [-0.3, -0.25) is 9.78 Å². The van der Waals surface area contributed by atoms with E-state index in [1.807, 2.05) is 20.8 Å². The fourth-order valence-corrected chi connectivity index (χ4v) is 2.35. The minimum atomic E-state index is -0.836. The molecule has 0 unspecified atom stereocenters. The Hall–Kier alpha value is -2.12. The molecule has 1 aliphatic heterocycles. The molecule has 0 aromatic carbocycles. The lowest BCUT2D eigenvalue weighted by atomic mass is 10.1. The van der Waals surface area contributed by atoms with Gasteiger partial charge in [0.25, 0.3) is 5.56 Å². The van der Waals surface area contributed by atoms with Crippen LogP contribution in [0, 0.1) is 5.82 Å². The van der Waals surface area contributed by atoms with Crippen LogP contribution in [0.1, 0.15) is 46.2 Å². The fourth-order valence-electron chi connectivity index (χ4n) is 2.35. The number of aromatic nitrogens is 2. The van der Waals surface area contributed by atoms with Gasteiger partial charge in [-0.05, 0) is 26.7 Å². The highest BCUT2D eigenvalue weighted by molar-refractivity contribution is 5.68. The molecule has 8 heteroatoms. The SMILES string of the molecule is CC(C)c1nc(N2CC(N(C)C(=O)OC(C)(C)C)C2)[nH]c(=O)c1F. The number of ether oxygens (including phenoxy) is 1. The predicted molar refractivity (Wildman–Crippen MR) is 88.9 cm³/mol. The summed E-state index contributed by atoms with van der Waals surface area (Å²) < 4.78 is 19.1. The summed E-state index contributed by atoms with van der Waals surface area (Å²) in [5.41, 5.74) is -1.17. The maximum absolute atomic E-state index is 13.8. The molecule has 1 amide bonds. The smallest absolute Gasteiger partial charge is 0.410 e. The van der Waals surface area contributed by atoms with Crippen LogP contribution in [0.25, 0.3) is 0 Å². The van der Waals surface area contributed by atoms with E-state index in [1.165, 1.54) is 4.90 Å². The standard InChI is InChI=1S/C16H25FN4O3/c1-9(2)12-11(17)13(22)19-14(18-12)21-7-10(8-21)20(6)15(23)24-16(3,4)5/h9-10H,7-8H2,1-6H3,(H,18,19,22). The van der Waals surface area contributed by atoms with E-state index in [0.29, 0.717) is 19.0 Å². The average Bonchev–Trinajstić information content (AvgIpc) is 2.38. The molecule has 0 bridgehead atoms. The number of anilines is 1. The van der Waals surface area contributed by atoms with Crippen LogP contribution in [0.3, 0.4) is 0 Å². The maximum atomic E-state index is 13.8. The number of halogens is 1. The average molecular weight is 340 g/mol. The first-order valence-corrected chi connectivity index (χ1v) is 8.00. The number of hydrogen-bond donors (Lipinski definition) is 1. The van der Waals surface area contributed by atoms with Crippen LogP contribution < -0.4 is 10.5 Å². The lowest BCUT2D eigenvalue weighted by molar-refractivity contribution is 0.0196. The van der Waals surface area contributed by atoms with E-state index >= 15 is 0 Å². The van der Waals surface area contributed by atoms with Crippen molar-refractivity contribution in [1.29, 1.82) is 0 Å². The molecule has 7 nitrogen and oxygen atoms in total. The Kier molecular flexibility index (Phi) is 4.87. The number of hydrogen-bond acceptors (Lipinski definition) is 5. The summed E-state index contributed by atoms with van der Waals surface area (Å²) >= 11 is 0. The van der Waals surface area contributed by atoms with Crippen molar-refractivity contribution in [2.24, 2.45) is 0 Å². The zero-order valence-electron chi connectivity index (χ0n) is 15.0. The monoisotopic (exact) mass is 340 g/mol. The molecule has 24 heavy (non-hydrogen) atoms. The Morgan fingerprint density at radius 2 is 2.00 bits per heavy atom. The lowest BCUT2D eigenvalue weighted by Gasteiger charge is -2.44. The third-order valence-corrected chi connectivity index (χ3v) is 3.81. The van der Waals surface area contributed by atoms with E-state index in [0.717, 1.165) is 0 Å². The van der Waals surface area contributed by atoms with Gasteiger partial charge in [-0.25, -0.2) is 9.78 Å². The number of aromatic amines is 1. The number of carbonyl (C=O) groups is 1. The fraction of sp³-hybridized carbons (Fsp3) is 0.688. The zero-order chi connectivity index (χ0) is 18.2. The van der Waals surface area contributed by atoms with E-state index in [1.54, 1.807) is 25.8 Å². The molecular weight excluding hydrogens is 315 g/mol. The van der Waals surface area contributed by atoms with Crippen molar-refractivity contribution < 1.29 is 13.9 Å². The largest absolute Gasteiger partial charge is 0.444 e. The van der Waals surface area contributed by atoms with Crippen LogP contribution in [0.15, 0.2) is 4.79 Å². The first-order chi connectivity index (χ1) is 11.0. The summed E-state index contributed by atoms with van der Waals surface area (Å²) in [4.78, 5) is 33.7. The van der Waals surface area contributed by atoms with Gasteiger partial charge in [0.05, 0.1) is 11.7 Å². The minimum Gasteiger partial charge on any atom is -0.444 e. The van der Waals surface area contributed by atoms with Gasteiger partial charge in [0.1, 0.15) is 5.60 Å². The van der Waals surface area contributed by atoms with E-state index in [4.69, 9.17) is 4.74 Å². The Morgan fingerprint density at radius 3 is 2.50 bits per heavy atom. The van der Waals surface area contributed by atoms with Crippen LogP contribution >= 0.6 is 0 Å². The number of H-pyrrole nitrogens is 1. The quantitative estimate of drug-likeness (QED) is 0.911. The molecular formula is C16H25FN4O3. The molecule has 1 saturated heterocycles. The van der Waals surface area contributed by atoms with E-state index in [-0.39, 0.29) is 17.7 Å². The summed E-state index contributed by atoms with van der Waals surface area (Å²) in [7, 11) is 1.68. The first-order valence-electron chi connectivity index (χ1n) is 8.00. The number of nitrogens with zero attached hydrogens (tertiary/aromatic N) is 3. The number of rotatable bonds is 3. The third-order valence-electron chi connectivity index (χ3n) is 3.81. The van der Waals surface area contributed by atoms with Gasteiger partial charge in [-0.1, -0.05) is 13.8 Å². The van der Waals surface area contributed by atoms with Crippen molar-refractivity contribution in [1.82, 2.24) is 14.9 Å². The Morgan fingerprint density at radius 1 is 1.42 bits per heavy atom. The second-order valence-electron chi connectivity index (χ2n) is 7.39. The normalized spacial score (nSPS) is 15.4. The molecule has 1 aliphatic rings. The molecule has 1 fully saturated rings. The molecule has 1 aromatic heterocycles. The summed E-state index contributed by atoms with van der Waals surface area (Å²) in [6, 6.07) is -0.0438. The zero-order valence-corrected chi connectivity index (χ0v) is 15.0. The van der Waals surface area contributed by atoms with Gasteiger partial charge in [0.15, 0.2) is 0 Å². The molecule has 2 rings (SSSR count). The molecule has 0 atom stereocenters. The van der Waals surface area contributed by atoms with Crippen molar-refractivity contribution in [3.8, 4) is 0 Å². The summed E-state index contributed by atoms with van der Waals surface area (Å²) in [5, 5.41) is 0. The Bertz CT molecular complexity index is 675. The van der Waals surface area contributed by atoms with Gasteiger partial charge in [-0.2, -0.15) is 4.39 Å². The second-order valence-corrected chi connectivity index (χ2v) is 7.39. The highest BCUT2D eigenvalue weighted by atomic mass is 19.1. The maximum Gasteiger partial charge on any atom is 0.410 e. The van der Waals surface area contributed by atoms with Crippen LogP contribution in [0.4, 0.5) is 15.1 Å². The molecule has 2 heterocycles. The van der Waals surface area contributed by atoms with Gasteiger partial charge in [0, 0.05) is 20.1 Å². The minimum absolute atomic E-state index is 0.0438. The Balaban J connectivity index is 2.04. The third kappa shape index (κ3) is 3.85. The summed E-state index contributed by atoms with van der Waals surface area (Å²) in [5.74, 6) is -0.691. The van der Waals surface area contributed by atoms with E-state index < -0.39 is 23.1 Å². The highest BCUT2D eigenvalue weighted by Crippen LogP contribution is 2.22. The first kappa shape index (κ1) is 18.2.